The quantitative estimate of drug-likeness (QED) is 0.642. The van der Waals surface area contributed by atoms with Gasteiger partial charge >= 0.3 is 0 Å². The van der Waals surface area contributed by atoms with Crippen LogP contribution < -0.4 is 10.1 Å². The fraction of sp³-hybridized carbons (Fsp3) is 0.381. The Bertz CT molecular complexity index is 1070. The second-order valence-electron chi connectivity index (χ2n) is 7.65. The number of rotatable bonds is 6. The third kappa shape index (κ3) is 2.73. The van der Waals surface area contributed by atoms with Crippen molar-refractivity contribution in [2.75, 3.05) is 7.11 Å². The molecule has 142 valence electrons. The number of nitrogens with zero attached hydrogens (tertiary/aromatic N) is 4. The average Bonchev–Trinajstić information content (AvgIpc) is 3.65. The van der Waals surface area contributed by atoms with Gasteiger partial charge in [-0.05, 0) is 49.9 Å². The smallest absolute Gasteiger partial charge is 0.198 e. The number of benzene rings is 1. The second-order valence-corrected chi connectivity index (χ2v) is 7.65. The lowest BCUT2D eigenvalue weighted by Crippen LogP contribution is -2.41. The van der Waals surface area contributed by atoms with Crippen LogP contribution in [0.4, 0.5) is 0 Å². The zero-order valence-corrected chi connectivity index (χ0v) is 15.6. The van der Waals surface area contributed by atoms with Crippen LogP contribution in [-0.2, 0) is 5.41 Å². The van der Waals surface area contributed by atoms with Crippen molar-refractivity contribution in [3.63, 3.8) is 0 Å². The van der Waals surface area contributed by atoms with E-state index < -0.39 is 11.6 Å². The fourth-order valence-electron chi connectivity index (χ4n) is 3.63. The molecule has 2 N–H and O–H groups in total. The molecule has 7 nitrogen and oxygen atoms in total. The Kier molecular flexibility index (Phi) is 3.86. The van der Waals surface area contributed by atoms with Crippen LogP contribution in [0, 0.1) is 11.3 Å². The molecule has 2 heterocycles. The Morgan fingerprint density at radius 2 is 2.00 bits per heavy atom. The van der Waals surface area contributed by atoms with Crippen LogP contribution in [0.2, 0.25) is 0 Å². The average molecular weight is 375 g/mol. The molecule has 0 saturated heterocycles. The number of nitriles is 1. The zero-order chi connectivity index (χ0) is 19.3. The minimum absolute atomic E-state index is 0.410. The highest BCUT2D eigenvalue weighted by Crippen LogP contribution is 2.50. The number of nitrogens with one attached hydrogen (secondary N) is 1. The first-order valence-electron chi connectivity index (χ1n) is 9.53. The minimum atomic E-state index is -0.637. The second kappa shape index (κ2) is 6.30. The van der Waals surface area contributed by atoms with Crippen molar-refractivity contribution in [1.29, 1.82) is 5.26 Å². The molecule has 2 aliphatic rings. The van der Waals surface area contributed by atoms with Crippen molar-refractivity contribution in [2.24, 2.45) is 0 Å². The zero-order valence-electron chi connectivity index (χ0n) is 15.6. The van der Waals surface area contributed by atoms with E-state index in [2.05, 4.69) is 11.4 Å². The highest BCUT2D eigenvalue weighted by molar-refractivity contribution is 5.67. The van der Waals surface area contributed by atoms with Crippen molar-refractivity contribution in [1.82, 2.24) is 19.9 Å². The van der Waals surface area contributed by atoms with E-state index in [1.54, 1.807) is 23.8 Å². The van der Waals surface area contributed by atoms with E-state index in [1.807, 2.05) is 24.3 Å². The normalized spacial score (nSPS) is 18.6. The van der Waals surface area contributed by atoms with Gasteiger partial charge in [-0.25, -0.2) is 9.50 Å². The first-order valence-corrected chi connectivity index (χ1v) is 9.53. The number of methoxy groups -OCH3 is 1. The van der Waals surface area contributed by atoms with E-state index in [-0.39, 0.29) is 0 Å². The summed E-state index contributed by atoms with van der Waals surface area (Å²) in [5.74, 6) is 1.28. The predicted octanol–water partition coefficient (Wildman–Crippen LogP) is 2.38. The van der Waals surface area contributed by atoms with E-state index in [0.717, 1.165) is 36.9 Å². The Labute approximate surface area is 162 Å². The summed E-state index contributed by atoms with van der Waals surface area (Å²) in [4.78, 5) is 4.76. The van der Waals surface area contributed by atoms with Gasteiger partial charge in [-0.2, -0.15) is 5.26 Å². The molecule has 0 bridgehead atoms. The fourth-order valence-corrected chi connectivity index (χ4v) is 3.63. The Hall–Kier alpha value is -2.95. The number of hydrogen-bond donors (Lipinski definition) is 2. The molecule has 2 saturated carbocycles. The number of fused-ring (bicyclic) bond motifs is 1. The van der Waals surface area contributed by atoms with Crippen LogP contribution in [-0.4, -0.2) is 39.1 Å². The lowest BCUT2D eigenvalue weighted by molar-refractivity contribution is 0.0907. The summed E-state index contributed by atoms with van der Waals surface area (Å²) in [6, 6.07) is 13.7. The van der Waals surface area contributed by atoms with Crippen LogP contribution in [0.3, 0.4) is 0 Å². The van der Waals surface area contributed by atoms with E-state index in [4.69, 9.17) is 20.1 Å². The van der Waals surface area contributed by atoms with Gasteiger partial charge in [0.1, 0.15) is 6.23 Å². The van der Waals surface area contributed by atoms with Gasteiger partial charge < -0.3 is 9.84 Å². The highest BCUT2D eigenvalue weighted by Gasteiger charge is 2.55. The molecule has 2 aromatic heterocycles. The first kappa shape index (κ1) is 17.2. The molecule has 7 heteroatoms. The predicted molar refractivity (Wildman–Crippen MR) is 103 cm³/mol. The van der Waals surface area contributed by atoms with Gasteiger partial charge in [0.25, 0.3) is 0 Å². The van der Waals surface area contributed by atoms with Crippen LogP contribution in [0.25, 0.3) is 16.9 Å². The van der Waals surface area contributed by atoms with Crippen molar-refractivity contribution < 1.29 is 9.84 Å². The van der Waals surface area contributed by atoms with Gasteiger partial charge in [0.2, 0.25) is 0 Å². The molecule has 5 rings (SSSR count). The monoisotopic (exact) mass is 375 g/mol. The number of aliphatic hydroxyl groups excluding tert-OH is 1. The topological polar surface area (TPSA) is 95.5 Å². The number of ether oxygens (including phenoxy) is 1. The summed E-state index contributed by atoms with van der Waals surface area (Å²) in [6.45, 7) is 0. The number of aromatic nitrogens is 3. The minimum Gasteiger partial charge on any atom is -0.493 e. The van der Waals surface area contributed by atoms with Gasteiger partial charge in [0.15, 0.2) is 17.2 Å². The van der Waals surface area contributed by atoms with Crippen molar-refractivity contribution in [2.45, 2.75) is 43.4 Å². The Morgan fingerprint density at radius 1 is 1.25 bits per heavy atom. The van der Waals surface area contributed by atoms with Crippen molar-refractivity contribution >= 4 is 5.65 Å². The van der Waals surface area contributed by atoms with E-state index in [9.17, 15) is 5.11 Å². The standard InChI is InChI=1S/C21H21N5O2/c1-28-17-9-8-16(14-4-2-13(12-22)3-5-14)26-18(17)24-19(25-26)21(10-11-21)20(27)23-15-6-7-15/h2-5,8-9,15,20,23,27H,6-7,10-11H2,1H3. The summed E-state index contributed by atoms with van der Waals surface area (Å²) >= 11 is 0. The van der Waals surface area contributed by atoms with E-state index in [0.29, 0.717) is 28.8 Å². The van der Waals surface area contributed by atoms with Gasteiger partial charge in [-0.1, -0.05) is 12.1 Å². The molecule has 1 atom stereocenters. The van der Waals surface area contributed by atoms with E-state index >= 15 is 0 Å². The molecule has 1 aromatic carbocycles. The van der Waals surface area contributed by atoms with Gasteiger partial charge in [-0.3, -0.25) is 5.32 Å². The summed E-state index contributed by atoms with van der Waals surface area (Å²) in [7, 11) is 1.61. The molecule has 28 heavy (non-hydrogen) atoms. The molecule has 0 spiro atoms. The lowest BCUT2D eigenvalue weighted by atomic mass is 10.0. The third-order valence-electron chi connectivity index (χ3n) is 5.71. The molecule has 0 amide bonds. The number of aliphatic hydroxyl groups is 1. The molecular formula is C21H21N5O2. The molecule has 2 fully saturated rings. The van der Waals surface area contributed by atoms with E-state index in [1.165, 1.54) is 0 Å². The number of pyridine rings is 1. The van der Waals surface area contributed by atoms with Crippen LogP contribution in [0.1, 0.15) is 37.1 Å². The molecule has 0 radical (unpaired) electrons. The SMILES string of the molecule is COc1ccc(-c2ccc(C#N)cc2)n2nc(C3(C(O)NC4CC4)CC3)nc12. The van der Waals surface area contributed by atoms with Crippen LogP contribution >= 0.6 is 0 Å². The van der Waals surface area contributed by atoms with Crippen molar-refractivity contribution in [3.8, 4) is 23.1 Å². The van der Waals surface area contributed by atoms with Gasteiger partial charge in [-0.15, -0.1) is 5.10 Å². The first-order chi connectivity index (χ1) is 13.6. The Morgan fingerprint density at radius 3 is 2.61 bits per heavy atom. The highest BCUT2D eigenvalue weighted by atomic mass is 16.5. The maximum atomic E-state index is 10.7. The number of hydrogen-bond acceptors (Lipinski definition) is 6. The molecule has 2 aliphatic carbocycles. The van der Waals surface area contributed by atoms with Gasteiger partial charge in [0, 0.05) is 11.6 Å². The molecular weight excluding hydrogens is 354 g/mol. The largest absolute Gasteiger partial charge is 0.493 e. The summed E-state index contributed by atoms with van der Waals surface area (Å²) in [5, 5.41) is 27.8. The molecule has 3 aromatic rings. The van der Waals surface area contributed by atoms with Crippen molar-refractivity contribution in [3.05, 3.63) is 47.8 Å². The maximum absolute atomic E-state index is 10.7. The molecule has 1 unspecified atom stereocenters. The third-order valence-corrected chi connectivity index (χ3v) is 5.71. The maximum Gasteiger partial charge on any atom is 0.198 e. The Balaban J connectivity index is 1.60. The van der Waals surface area contributed by atoms with Crippen LogP contribution in [0.15, 0.2) is 36.4 Å². The lowest BCUT2D eigenvalue weighted by Gasteiger charge is -2.20. The summed E-state index contributed by atoms with van der Waals surface area (Å²) in [6.07, 6.45) is 3.31. The summed E-state index contributed by atoms with van der Waals surface area (Å²) < 4.78 is 7.27. The van der Waals surface area contributed by atoms with Crippen LogP contribution in [0.5, 0.6) is 5.75 Å². The summed E-state index contributed by atoms with van der Waals surface area (Å²) in [5.41, 5.74) is 2.61. The molecule has 0 aliphatic heterocycles. The van der Waals surface area contributed by atoms with Gasteiger partial charge in [0.05, 0.1) is 29.9 Å².